The minimum Gasteiger partial charge on any atom is -0.268 e. The van der Waals surface area contributed by atoms with Gasteiger partial charge in [-0.15, -0.1) is 11.3 Å². The molecular weight excluding hydrogens is 351 g/mol. The average Bonchev–Trinajstić information content (AvgIpc) is 2.77. The van der Waals surface area contributed by atoms with Crippen molar-refractivity contribution in [3.8, 4) is 5.69 Å². The van der Waals surface area contributed by atoms with E-state index in [1.807, 2.05) is 0 Å². The molecule has 8 heteroatoms. The lowest BCUT2D eigenvalue weighted by molar-refractivity contribution is -0.146. The van der Waals surface area contributed by atoms with E-state index in [-0.39, 0.29) is 10.5 Å². The van der Waals surface area contributed by atoms with Crippen LogP contribution in [0, 0.1) is 0 Å². The fourth-order valence-corrected chi connectivity index (χ4v) is 4.56. The number of alkyl halides is 3. The Morgan fingerprint density at radius 2 is 1.80 bits per heavy atom. The van der Waals surface area contributed by atoms with Crippen LogP contribution in [0.25, 0.3) is 15.9 Å². The predicted molar refractivity (Wildman–Crippen MR) is 89.3 cm³/mol. The minimum atomic E-state index is -4.72. The molecule has 1 aliphatic rings. The van der Waals surface area contributed by atoms with E-state index in [4.69, 9.17) is 0 Å². The molecule has 0 radical (unpaired) electrons. The highest BCUT2D eigenvalue weighted by Crippen LogP contribution is 2.36. The molecule has 25 heavy (non-hydrogen) atoms. The summed E-state index contributed by atoms with van der Waals surface area (Å²) in [5, 5.41) is 0.340. The van der Waals surface area contributed by atoms with Gasteiger partial charge in [0.25, 0.3) is 5.56 Å². The van der Waals surface area contributed by atoms with Gasteiger partial charge in [0.15, 0.2) is 0 Å². The Morgan fingerprint density at radius 3 is 2.52 bits per heavy atom. The Bertz CT molecular complexity index is 992. The lowest BCUT2D eigenvalue weighted by Gasteiger charge is -2.14. The quantitative estimate of drug-likeness (QED) is 0.609. The summed E-state index contributed by atoms with van der Waals surface area (Å²) in [6.07, 6.45) is 2.51. The van der Waals surface area contributed by atoms with E-state index in [2.05, 4.69) is 9.97 Å². The molecule has 0 unspecified atom stereocenters. The second-order valence-electron chi connectivity index (χ2n) is 6.02. The van der Waals surface area contributed by atoms with Gasteiger partial charge in [-0.2, -0.15) is 13.2 Å². The topological polar surface area (TPSA) is 47.8 Å². The molecule has 3 aromatic heterocycles. The summed E-state index contributed by atoms with van der Waals surface area (Å²) in [6.45, 7) is 0. The van der Waals surface area contributed by atoms with Gasteiger partial charge in [0.1, 0.15) is 4.83 Å². The second-order valence-corrected chi connectivity index (χ2v) is 7.11. The van der Waals surface area contributed by atoms with E-state index in [9.17, 15) is 18.0 Å². The Hall–Kier alpha value is -2.22. The van der Waals surface area contributed by atoms with Crippen LogP contribution >= 0.6 is 11.3 Å². The number of halogens is 3. The van der Waals surface area contributed by atoms with Gasteiger partial charge in [0, 0.05) is 17.3 Å². The van der Waals surface area contributed by atoms with Gasteiger partial charge in [0.2, 0.25) is 5.82 Å². The number of nitrogens with zero attached hydrogens (tertiary/aromatic N) is 3. The molecule has 0 saturated heterocycles. The van der Waals surface area contributed by atoms with Gasteiger partial charge in [-0.25, -0.2) is 4.98 Å². The zero-order chi connectivity index (χ0) is 17.6. The van der Waals surface area contributed by atoms with Crippen LogP contribution in [0.15, 0.2) is 29.3 Å². The maximum absolute atomic E-state index is 13.6. The molecule has 3 heterocycles. The highest BCUT2D eigenvalue weighted by Gasteiger charge is 2.38. The summed E-state index contributed by atoms with van der Waals surface area (Å²) < 4.78 is 41.3. The molecule has 0 bridgehead atoms. The first kappa shape index (κ1) is 16.3. The molecule has 0 aromatic carbocycles. The number of rotatable bonds is 1. The Morgan fingerprint density at radius 1 is 1.08 bits per heavy atom. The first-order valence-corrected chi connectivity index (χ1v) is 8.83. The minimum absolute atomic E-state index is 0.121. The number of aromatic nitrogens is 3. The first-order chi connectivity index (χ1) is 12.0. The van der Waals surface area contributed by atoms with Crippen LogP contribution in [0.2, 0.25) is 0 Å². The summed E-state index contributed by atoms with van der Waals surface area (Å²) in [7, 11) is 0. The third-order valence-electron chi connectivity index (χ3n) is 4.41. The van der Waals surface area contributed by atoms with Crippen LogP contribution in [0.4, 0.5) is 13.2 Å². The molecular formula is C17H14F3N3OS. The van der Waals surface area contributed by atoms with Crippen molar-refractivity contribution in [1.82, 2.24) is 14.5 Å². The highest BCUT2D eigenvalue weighted by atomic mass is 32.1. The molecule has 0 fully saturated rings. The van der Waals surface area contributed by atoms with Crippen LogP contribution < -0.4 is 5.56 Å². The zero-order valence-corrected chi connectivity index (χ0v) is 14.0. The molecule has 4 nitrogen and oxygen atoms in total. The van der Waals surface area contributed by atoms with E-state index in [1.54, 1.807) is 0 Å². The predicted octanol–water partition coefficient (Wildman–Crippen LogP) is 4.13. The number of hydrogen-bond acceptors (Lipinski definition) is 4. The molecule has 0 atom stereocenters. The van der Waals surface area contributed by atoms with E-state index in [1.165, 1.54) is 35.9 Å². The zero-order valence-electron chi connectivity index (χ0n) is 13.1. The molecule has 0 aliphatic heterocycles. The molecule has 1 aliphatic carbocycles. The van der Waals surface area contributed by atoms with Crippen molar-refractivity contribution in [1.29, 1.82) is 0 Å². The van der Waals surface area contributed by atoms with Crippen LogP contribution in [-0.4, -0.2) is 14.5 Å². The van der Waals surface area contributed by atoms with Crippen molar-refractivity contribution in [2.75, 3.05) is 0 Å². The molecule has 130 valence electrons. The first-order valence-electron chi connectivity index (χ1n) is 8.01. The molecule has 0 spiro atoms. The normalized spacial score (nSPS) is 15.2. The molecule has 0 saturated carbocycles. The number of fused-ring (bicyclic) bond motifs is 3. The largest absolute Gasteiger partial charge is 0.450 e. The van der Waals surface area contributed by atoms with Gasteiger partial charge in [-0.3, -0.25) is 14.3 Å². The van der Waals surface area contributed by atoms with Crippen LogP contribution in [0.5, 0.6) is 0 Å². The Labute approximate surface area is 145 Å². The number of hydrogen-bond donors (Lipinski definition) is 0. The number of thiophene rings is 1. The molecule has 4 rings (SSSR count). The van der Waals surface area contributed by atoms with Crippen molar-refractivity contribution in [2.24, 2.45) is 0 Å². The number of aryl methyl sites for hydroxylation is 2. The SMILES string of the molecule is O=c1c2c3c(sc2nc(C(F)(F)F)n1-c1ccncc1)CCCCC3. The van der Waals surface area contributed by atoms with Crippen LogP contribution in [0.1, 0.15) is 35.5 Å². The fraction of sp³-hybridized carbons (Fsp3) is 0.353. The van der Waals surface area contributed by atoms with Gasteiger partial charge < -0.3 is 0 Å². The summed E-state index contributed by atoms with van der Waals surface area (Å²) >= 11 is 1.22. The maximum atomic E-state index is 13.6. The van der Waals surface area contributed by atoms with E-state index < -0.39 is 17.6 Å². The summed E-state index contributed by atoms with van der Waals surface area (Å²) in [4.78, 5) is 21.9. The summed E-state index contributed by atoms with van der Waals surface area (Å²) in [5.74, 6) is -1.19. The van der Waals surface area contributed by atoms with Gasteiger partial charge >= 0.3 is 6.18 Å². The van der Waals surface area contributed by atoms with E-state index >= 15 is 0 Å². The van der Waals surface area contributed by atoms with Crippen molar-refractivity contribution < 1.29 is 13.2 Å². The van der Waals surface area contributed by atoms with Crippen molar-refractivity contribution in [3.63, 3.8) is 0 Å². The van der Waals surface area contributed by atoms with Crippen molar-refractivity contribution >= 4 is 21.6 Å². The van der Waals surface area contributed by atoms with Gasteiger partial charge in [-0.1, -0.05) is 6.42 Å². The third kappa shape index (κ3) is 2.74. The summed E-state index contributed by atoms with van der Waals surface area (Å²) in [6, 6.07) is 2.77. The standard InChI is InChI=1S/C17H14F3N3OS/c18-17(19,20)16-22-14-13(11-4-2-1-3-5-12(11)25-14)15(24)23(16)10-6-8-21-9-7-10/h6-9H,1-5H2. The van der Waals surface area contributed by atoms with E-state index in [0.717, 1.165) is 36.1 Å². The monoisotopic (exact) mass is 365 g/mol. The number of pyridine rings is 1. The molecule has 0 amide bonds. The highest BCUT2D eigenvalue weighted by molar-refractivity contribution is 7.18. The lowest BCUT2D eigenvalue weighted by Crippen LogP contribution is -2.28. The van der Waals surface area contributed by atoms with E-state index in [0.29, 0.717) is 16.4 Å². The maximum Gasteiger partial charge on any atom is 0.450 e. The Balaban J connectivity index is 2.09. The fourth-order valence-electron chi connectivity index (χ4n) is 3.30. The molecule has 3 aromatic rings. The van der Waals surface area contributed by atoms with Crippen LogP contribution in [-0.2, 0) is 19.0 Å². The van der Waals surface area contributed by atoms with Crippen molar-refractivity contribution in [2.45, 2.75) is 38.3 Å². The van der Waals surface area contributed by atoms with Gasteiger partial charge in [0.05, 0.1) is 11.1 Å². The molecule has 0 N–H and O–H groups in total. The lowest BCUT2D eigenvalue weighted by atomic mass is 10.1. The van der Waals surface area contributed by atoms with Crippen molar-refractivity contribution in [3.05, 3.63) is 51.1 Å². The smallest absolute Gasteiger partial charge is 0.268 e. The second kappa shape index (κ2) is 5.94. The Kier molecular flexibility index (Phi) is 3.87. The third-order valence-corrected chi connectivity index (χ3v) is 5.60. The van der Waals surface area contributed by atoms with Crippen LogP contribution in [0.3, 0.4) is 0 Å². The van der Waals surface area contributed by atoms with Gasteiger partial charge in [-0.05, 0) is 43.4 Å². The average molecular weight is 365 g/mol. The summed E-state index contributed by atoms with van der Waals surface area (Å²) in [5.41, 5.74) is 0.352.